The molecule has 1 aromatic heterocycles. The number of likely N-dealkylation sites (N-methyl/N-ethyl adjacent to an activating group) is 2. The Labute approximate surface area is 173 Å². The molecule has 0 bridgehead atoms. The smallest absolute Gasteiger partial charge is 0.342 e. The monoisotopic (exact) mass is 419 g/mol. The third kappa shape index (κ3) is 6.86. The second kappa shape index (κ2) is 11.2. The molecule has 1 N–H and O–H groups in total. The molecule has 0 aliphatic carbocycles. The van der Waals surface area contributed by atoms with Gasteiger partial charge in [0.1, 0.15) is 17.9 Å². The van der Waals surface area contributed by atoms with Crippen LogP contribution in [-0.4, -0.2) is 53.9 Å². The zero-order chi connectivity index (χ0) is 21.2. The Bertz CT molecular complexity index is 852. The van der Waals surface area contributed by atoms with Crippen molar-refractivity contribution in [2.45, 2.75) is 27.4 Å². The van der Waals surface area contributed by atoms with E-state index in [4.69, 9.17) is 9.47 Å². The summed E-state index contributed by atoms with van der Waals surface area (Å²) in [5.74, 6) is -1.02. The number of hydrogen-bond donors (Lipinski definition) is 1. The Kier molecular flexibility index (Phi) is 8.60. The van der Waals surface area contributed by atoms with Gasteiger partial charge in [-0.15, -0.1) is 11.3 Å². The van der Waals surface area contributed by atoms with Crippen LogP contribution < -0.4 is 10.1 Å². The molecule has 1 aromatic carbocycles. The number of benzene rings is 1. The summed E-state index contributed by atoms with van der Waals surface area (Å²) in [6, 6.07) is 6.66. The number of carbonyl (C=O) groups excluding carboxylic acids is 3. The molecular weight excluding hydrogens is 394 g/mol. The number of aryl methyl sites for hydroxylation is 1. The number of nitrogens with one attached hydrogen (secondary N) is 1. The van der Waals surface area contributed by atoms with Crippen LogP contribution in [0.5, 0.6) is 5.75 Å². The van der Waals surface area contributed by atoms with E-state index in [1.54, 1.807) is 38.1 Å². The lowest BCUT2D eigenvalue weighted by molar-refractivity contribution is -0.138. The van der Waals surface area contributed by atoms with Crippen molar-refractivity contribution in [2.75, 3.05) is 26.2 Å². The summed E-state index contributed by atoms with van der Waals surface area (Å²) in [4.78, 5) is 42.1. The molecule has 0 unspecified atom stereocenters. The van der Waals surface area contributed by atoms with E-state index in [1.807, 2.05) is 12.3 Å². The van der Waals surface area contributed by atoms with Gasteiger partial charge in [0, 0.05) is 18.5 Å². The third-order valence-electron chi connectivity index (χ3n) is 3.92. The third-order valence-corrected chi connectivity index (χ3v) is 4.74. The first-order chi connectivity index (χ1) is 13.9. The van der Waals surface area contributed by atoms with E-state index in [9.17, 15) is 14.4 Å². The summed E-state index contributed by atoms with van der Waals surface area (Å²) in [7, 11) is 0. The van der Waals surface area contributed by atoms with Gasteiger partial charge < -0.3 is 19.7 Å². The highest BCUT2D eigenvalue weighted by Gasteiger charge is 2.19. The molecule has 0 aliphatic heterocycles. The molecule has 1 heterocycles. The summed E-state index contributed by atoms with van der Waals surface area (Å²) >= 11 is 1.52. The van der Waals surface area contributed by atoms with Gasteiger partial charge in [-0.25, -0.2) is 9.78 Å². The maximum Gasteiger partial charge on any atom is 0.342 e. The van der Waals surface area contributed by atoms with Crippen molar-refractivity contribution >= 4 is 29.1 Å². The summed E-state index contributed by atoms with van der Waals surface area (Å²) in [6.45, 7) is 5.97. The first kappa shape index (κ1) is 22.4. The van der Waals surface area contributed by atoms with Gasteiger partial charge in [0.2, 0.25) is 5.91 Å². The SMILES string of the molecule is CCNC(=O)CN(CC)C(=O)COC(=O)c1ccccc1OCc1csc(C)n1. The van der Waals surface area contributed by atoms with Crippen LogP contribution in [0.3, 0.4) is 0 Å². The van der Waals surface area contributed by atoms with E-state index in [2.05, 4.69) is 10.3 Å². The van der Waals surface area contributed by atoms with Crippen LogP contribution >= 0.6 is 11.3 Å². The standard InChI is InChI=1S/C20H25N3O5S/c1-4-21-18(24)10-23(5-2)19(25)12-28-20(26)16-8-6-7-9-17(16)27-11-15-13-29-14(3)22-15/h6-9,13H,4-5,10-12H2,1-3H3,(H,21,24). The zero-order valence-corrected chi connectivity index (χ0v) is 17.6. The van der Waals surface area contributed by atoms with Gasteiger partial charge >= 0.3 is 5.97 Å². The molecule has 0 saturated heterocycles. The number of rotatable bonds is 10. The fourth-order valence-corrected chi connectivity index (χ4v) is 3.08. The van der Waals surface area contributed by atoms with Crippen molar-refractivity contribution in [2.24, 2.45) is 0 Å². The van der Waals surface area contributed by atoms with Gasteiger partial charge in [-0.05, 0) is 32.9 Å². The average molecular weight is 420 g/mol. The van der Waals surface area contributed by atoms with Gasteiger partial charge in [0.05, 0.1) is 17.2 Å². The Morgan fingerprint density at radius 3 is 2.62 bits per heavy atom. The summed E-state index contributed by atoms with van der Waals surface area (Å²) in [5.41, 5.74) is 0.994. The Balaban J connectivity index is 1.94. The quantitative estimate of drug-likeness (QED) is 0.593. The maximum absolute atomic E-state index is 12.5. The van der Waals surface area contributed by atoms with Crippen molar-refractivity contribution in [3.05, 3.63) is 45.9 Å². The largest absolute Gasteiger partial charge is 0.486 e. The first-order valence-electron chi connectivity index (χ1n) is 9.29. The van der Waals surface area contributed by atoms with Crippen molar-refractivity contribution in [1.29, 1.82) is 0 Å². The van der Waals surface area contributed by atoms with Crippen molar-refractivity contribution in [3.8, 4) is 5.75 Å². The number of aromatic nitrogens is 1. The number of carbonyl (C=O) groups is 3. The van der Waals surface area contributed by atoms with Crippen molar-refractivity contribution < 1.29 is 23.9 Å². The topological polar surface area (TPSA) is 97.8 Å². The molecule has 0 radical (unpaired) electrons. The normalized spacial score (nSPS) is 10.3. The Hall–Kier alpha value is -2.94. The first-order valence-corrected chi connectivity index (χ1v) is 10.2. The highest BCUT2D eigenvalue weighted by Crippen LogP contribution is 2.21. The molecule has 9 heteroatoms. The molecule has 2 amide bonds. The van der Waals surface area contributed by atoms with Gasteiger partial charge in [-0.2, -0.15) is 0 Å². The van der Waals surface area contributed by atoms with E-state index >= 15 is 0 Å². The minimum Gasteiger partial charge on any atom is -0.486 e. The Morgan fingerprint density at radius 2 is 1.97 bits per heavy atom. The lowest BCUT2D eigenvalue weighted by Gasteiger charge is -2.20. The van der Waals surface area contributed by atoms with Crippen molar-refractivity contribution in [1.82, 2.24) is 15.2 Å². The van der Waals surface area contributed by atoms with Crippen LogP contribution in [0, 0.1) is 6.92 Å². The van der Waals surface area contributed by atoms with E-state index in [0.717, 1.165) is 10.7 Å². The van der Waals surface area contributed by atoms with E-state index < -0.39 is 18.5 Å². The predicted molar refractivity (Wildman–Crippen MR) is 109 cm³/mol. The summed E-state index contributed by atoms with van der Waals surface area (Å²) in [6.07, 6.45) is 0. The molecule has 8 nitrogen and oxygen atoms in total. The van der Waals surface area contributed by atoms with Gasteiger partial charge in [-0.1, -0.05) is 12.1 Å². The van der Waals surface area contributed by atoms with Gasteiger partial charge in [0.15, 0.2) is 6.61 Å². The second-order valence-corrected chi connectivity index (χ2v) is 7.14. The number of esters is 1. The van der Waals surface area contributed by atoms with Gasteiger partial charge in [-0.3, -0.25) is 9.59 Å². The number of nitrogens with zero attached hydrogens (tertiary/aromatic N) is 2. The molecule has 156 valence electrons. The minimum absolute atomic E-state index is 0.0759. The number of hydrogen-bond acceptors (Lipinski definition) is 7. The lowest BCUT2D eigenvalue weighted by Crippen LogP contribution is -2.42. The molecule has 0 fully saturated rings. The fourth-order valence-electron chi connectivity index (χ4n) is 2.49. The summed E-state index contributed by atoms with van der Waals surface area (Å²) < 4.78 is 10.9. The maximum atomic E-state index is 12.5. The van der Waals surface area contributed by atoms with Crippen LogP contribution in [0.1, 0.15) is 34.9 Å². The molecule has 2 aromatic rings. The number of ether oxygens (including phenoxy) is 2. The molecule has 0 saturated carbocycles. The molecule has 29 heavy (non-hydrogen) atoms. The highest BCUT2D eigenvalue weighted by atomic mass is 32.1. The van der Waals surface area contributed by atoms with Crippen molar-refractivity contribution in [3.63, 3.8) is 0 Å². The lowest BCUT2D eigenvalue weighted by atomic mass is 10.2. The van der Waals surface area contributed by atoms with E-state index in [-0.39, 0.29) is 24.6 Å². The zero-order valence-electron chi connectivity index (χ0n) is 16.8. The Morgan fingerprint density at radius 1 is 1.21 bits per heavy atom. The number of amides is 2. The molecular formula is C20H25N3O5S. The second-order valence-electron chi connectivity index (χ2n) is 6.08. The molecule has 0 spiro atoms. The van der Waals surface area contributed by atoms with Crippen LogP contribution in [0.15, 0.2) is 29.6 Å². The van der Waals surface area contributed by atoms with Gasteiger partial charge in [0.25, 0.3) is 5.91 Å². The molecule has 0 aliphatic rings. The average Bonchev–Trinajstić information content (AvgIpc) is 3.14. The highest BCUT2D eigenvalue weighted by molar-refractivity contribution is 7.09. The molecule has 2 rings (SSSR count). The minimum atomic E-state index is -0.669. The number of thiazole rings is 1. The van der Waals surface area contributed by atoms with Crippen LogP contribution in [0.2, 0.25) is 0 Å². The predicted octanol–water partition coefficient (Wildman–Crippen LogP) is 2.17. The summed E-state index contributed by atoms with van der Waals surface area (Å²) in [5, 5.41) is 5.46. The number of para-hydroxylation sites is 1. The van der Waals surface area contributed by atoms with Crippen LogP contribution in [-0.2, 0) is 20.9 Å². The van der Waals surface area contributed by atoms with E-state index in [0.29, 0.717) is 18.8 Å². The van der Waals surface area contributed by atoms with E-state index in [1.165, 1.54) is 16.2 Å². The van der Waals surface area contributed by atoms with Crippen LogP contribution in [0.4, 0.5) is 0 Å². The molecule has 0 atom stereocenters. The fraction of sp³-hybridized carbons (Fsp3) is 0.400. The van der Waals surface area contributed by atoms with Crippen LogP contribution in [0.25, 0.3) is 0 Å².